The van der Waals surface area contributed by atoms with E-state index in [1.165, 1.54) is 25.9 Å². The van der Waals surface area contributed by atoms with Crippen molar-refractivity contribution in [2.75, 3.05) is 51.4 Å². The highest BCUT2D eigenvalue weighted by atomic mass is 16.5. The minimum absolute atomic E-state index is 0.613. The van der Waals surface area contributed by atoms with Crippen molar-refractivity contribution in [2.45, 2.75) is 19.3 Å². The van der Waals surface area contributed by atoms with E-state index in [0.717, 1.165) is 18.5 Å². The molecular weight excluding hydrogens is 330 g/mol. The monoisotopic (exact) mass is 357 g/mol. The maximum absolute atomic E-state index is 6.14. The maximum atomic E-state index is 6.14. The van der Waals surface area contributed by atoms with Crippen molar-refractivity contribution in [3.05, 3.63) is 24.5 Å². The number of nitrogen functional groups attached to an aromatic ring is 1. The summed E-state index contributed by atoms with van der Waals surface area (Å²) in [4.78, 5) is 11.3. The van der Waals surface area contributed by atoms with E-state index in [4.69, 9.17) is 15.2 Å². The Balaban J connectivity index is 1.74. The third-order valence-corrected chi connectivity index (χ3v) is 4.60. The summed E-state index contributed by atoms with van der Waals surface area (Å²) >= 11 is 0. The predicted molar refractivity (Wildman–Crippen MR) is 104 cm³/mol. The minimum Gasteiger partial charge on any atom is -0.491 e. The number of ether oxygens (including phenoxy) is 2. The zero-order valence-corrected chi connectivity index (χ0v) is 15.5. The van der Waals surface area contributed by atoms with E-state index in [1.54, 1.807) is 25.6 Å². The Hall–Kier alpha value is -2.54. The molecule has 3 rings (SSSR count). The summed E-state index contributed by atoms with van der Waals surface area (Å²) in [7, 11) is 3.43. The second-order valence-electron chi connectivity index (χ2n) is 6.34. The summed E-state index contributed by atoms with van der Waals surface area (Å²) in [5.41, 5.74) is 8.22. The molecule has 7 nitrogen and oxygen atoms in total. The molecule has 7 heteroatoms. The number of nitrogens with one attached hydrogen (secondary N) is 1. The largest absolute Gasteiger partial charge is 0.491 e. The van der Waals surface area contributed by atoms with Crippen LogP contribution in [0.15, 0.2) is 24.5 Å². The number of nitrogens with two attached hydrogens (primary N) is 1. The van der Waals surface area contributed by atoms with Gasteiger partial charge in [-0.1, -0.05) is 0 Å². The molecular formula is C19H27N5O2. The molecule has 1 aliphatic rings. The van der Waals surface area contributed by atoms with Crippen molar-refractivity contribution >= 4 is 11.5 Å². The van der Waals surface area contributed by atoms with Gasteiger partial charge in [0.15, 0.2) is 11.5 Å². The fourth-order valence-corrected chi connectivity index (χ4v) is 3.24. The molecule has 1 aliphatic heterocycles. The van der Waals surface area contributed by atoms with Crippen LogP contribution in [0.25, 0.3) is 11.3 Å². The van der Waals surface area contributed by atoms with Gasteiger partial charge >= 0.3 is 0 Å². The maximum Gasteiger partial charge on any atom is 0.179 e. The quantitative estimate of drug-likeness (QED) is 0.702. The highest BCUT2D eigenvalue weighted by Gasteiger charge is 2.15. The van der Waals surface area contributed by atoms with E-state index in [2.05, 4.69) is 20.2 Å². The average Bonchev–Trinajstić information content (AvgIpc) is 3.18. The van der Waals surface area contributed by atoms with Gasteiger partial charge in [-0.05, 0) is 38.4 Å². The SMILES string of the molecule is CNc1nccc(N)c1-c1cc(OCCCN2CCCC2)c(OC)cn1. The molecule has 2 aromatic rings. The Kier molecular flexibility index (Phi) is 6.12. The van der Waals surface area contributed by atoms with Gasteiger partial charge in [0.2, 0.25) is 0 Å². The van der Waals surface area contributed by atoms with Crippen molar-refractivity contribution in [2.24, 2.45) is 0 Å². The molecule has 3 N–H and O–H groups in total. The number of hydrogen-bond donors (Lipinski definition) is 2. The van der Waals surface area contributed by atoms with Crippen LogP contribution in [0.2, 0.25) is 0 Å². The number of likely N-dealkylation sites (tertiary alicyclic amines) is 1. The van der Waals surface area contributed by atoms with E-state index in [0.29, 0.717) is 35.3 Å². The number of nitrogens with zero attached hydrogens (tertiary/aromatic N) is 3. The Morgan fingerprint density at radius 2 is 2.04 bits per heavy atom. The Bertz CT molecular complexity index is 732. The number of rotatable bonds is 8. The van der Waals surface area contributed by atoms with Crippen LogP contribution in [0.5, 0.6) is 11.5 Å². The molecule has 2 aromatic heterocycles. The second-order valence-corrected chi connectivity index (χ2v) is 6.34. The molecule has 140 valence electrons. The van der Waals surface area contributed by atoms with Gasteiger partial charge in [0.1, 0.15) is 5.82 Å². The first-order valence-electron chi connectivity index (χ1n) is 9.04. The molecule has 0 amide bonds. The van der Waals surface area contributed by atoms with Crippen molar-refractivity contribution in [1.29, 1.82) is 0 Å². The van der Waals surface area contributed by atoms with Gasteiger partial charge in [-0.25, -0.2) is 4.98 Å². The van der Waals surface area contributed by atoms with E-state index >= 15 is 0 Å². The first-order chi connectivity index (χ1) is 12.7. The molecule has 26 heavy (non-hydrogen) atoms. The number of hydrogen-bond acceptors (Lipinski definition) is 7. The second kappa shape index (κ2) is 8.71. The molecule has 1 saturated heterocycles. The smallest absolute Gasteiger partial charge is 0.179 e. The van der Waals surface area contributed by atoms with Crippen LogP contribution in [-0.4, -0.2) is 55.3 Å². The highest BCUT2D eigenvalue weighted by Crippen LogP contribution is 2.35. The molecule has 0 spiro atoms. The molecule has 0 atom stereocenters. The third kappa shape index (κ3) is 4.16. The van der Waals surface area contributed by atoms with Crippen LogP contribution in [0.4, 0.5) is 11.5 Å². The van der Waals surface area contributed by atoms with Gasteiger partial charge in [-0.2, -0.15) is 0 Å². The fourth-order valence-electron chi connectivity index (χ4n) is 3.24. The lowest BCUT2D eigenvalue weighted by Crippen LogP contribution is -2.21. The van der Waals surface area contributed by atoms with Crippen LogP contribution in [0.3, 0.4) is 0 Å². The summed E-state index contributed by atoms with van der Waals surface area (Å²) in [5.74, 6) is 1.97. The van der Waals surface area contributed by atoms with Gasteiger partial charge in [0.25, 0.3) is 0 Å². The third-order valence-electron chi connectivity index (χ3n) is 4.60. The Morgan fingerprint density at radius 3 is 2.77 bits per heavy atom. The van der Waals surface area contributed by atoms with Crippen LogP contribution in [0, 0.1) is 0 Å². The molecule has 0 aromatic carbocycles. The molecule has 0 radical (unpaired) electrons. The van der Waals surface area contributed by atoms with Gasteiger partial charge in [0.05, 0.1) is 31.2 Å². The lowest BCUT2D eigenvalue weighted by atomic mass is 10.1. The summed E-state index contributed by atoms with van der Waals surface area (Å²) < 4.78 is 11.4. The zero-order chi connectivity index (χ0) is 18.4. The van der Waals surface area contributed by atoms with Gasteiger partial charge in [-0.15, -0.1) is 0 Å². The average molecular weight is 357 g/mol. The zero-order valence-electron chi connectivity index (χ0n) is 15.5. The predicted octanol–water partition coefficient (Wildman–Crippen LogP) is 2.64. The van der Waals surface area contributed by atoms with Crippen molar-refractivity contribution in [3.8, 4) is 22.8 Å². The molecule has 3 heterocycles. The minimum atomic E-state index is 0.613. The first-order valence-corrected chi connectivity index (χ1v) is 9.04. The van der Waals surface area contributed by atoms with Gasteiger partial charge in [0, 0.05) is 31.5 Å². The van der Waals surface area contributed by atoms with Crippen LogP contribution >= 0.6 is 0 Å². The van der Waals surface area contributed by atoms with Crippen LogP contribution in [0.1, 0.15) is 19.3 Å². The number of pyridine rings is 2. The molecule has 0 saturated carbocycles. The summed E-state index contributed by atoms with van der Waals surface area (Å²) in [6.07, 6.45) is 6.93. The van der Waals surface area contributed by atoms with Crippen LogP contribution < -0.4 is 20.5 Å². The summed E-state index contributed by atoms with van der Waals surface area (Å²) in [6, 6.07) is 3.63. The topological polar surface area (TPSA) is 85.5 Å². The lowest BCUT2D eigenvalue weighted by Gasteiger charge is -2.16. The first kappa shape index (κ1) is 18.3. The molecule has 0 unspecified atom stereocenters. The molecule has 0 bridgehead atoms. The molecule has 1 fully saturated rings. The number of methoxy groups -OCH3 is 1. The Morgan fingerprint density at radius 1 is 1.23 bits per heavy atom. The van der Waals surface area contributed by atoms with E-state index in [9.17, 15) is 0 Å². The van der Waals surface area contributed by atoms with E-state index < -0.39 is 0 Å². The van der Waals surface area contributed by atoms with Gasteiger partial charge in [-0.3, -0.25) is 4.98 Å². The summed E-state index contributed by atoms with van der Waals surface area (Å²) in [5, 5.41) is 3.06. The fraction of sp³-hybridized carbons (Fsp3) is 0.474. The molecule has 0 aliphatic carbocycles. The number of aromatic nitrogens is 2. The van der Waals surface area contributed by atoms with E-state index in [-0.39, 0.29) is 0 Å². The highest BCUT2D eigenvalue weighted by molar-refractivity contribution is 5.84. The van der Waals surface area contributed by atoms with Crippen molar-refractivity contribution in [3.63, 3.8) is 0 Å². The van der Waals surface area contributed by atoms with Gasteiger partial charge < -0.3 is 25.4 Å². The lowest BCUT2D eigenvalue weighted by molar-refractivity contribution is 0.254. The Labute approximate surface area is 154 Å². The van der Waals surface area contributed by atoms with Crippen molar-refractivity contribution < 1.29 is 9.47 Å². The van der Waals surface area contributed by atoms with E-state index in [1.807, 2.05) is 13.1 Å². The van der Waals surface area contributed by atoms with Crippen LogP contribution in [-0.2, 0) is 0 Å². The number of anilines is 2. The normalized spacial score (nSPS) is 14.4. The summed E-state index contributed by atoms with van der Waals surface area (Å²) in [6.45, 7) is 4.11. The van der Waals surface area contributed by atoms with Crippen molar-refractivity contribution in [1.82, 2.24) is 14.9 Å². The standard InChI is InChI=1S/C19H27N5O2/c1-21-19-18(14(20)6-7-22-19)15-12-16(17(25-2)13-23-15)26-11-5-10-24-8-3-4-9-24/h6-7,12-13H,3-5,8-11H2,1-2H3,(H3,20,21,22).